The van der Waals surface area contributed by atoms with Gasteiger partial charge in [-0.3, -0.25) is 9.89 Å². The van der Waals surface area contributed by atoms with E-state index in [0.29, 0.717) is 17.7 Å². The largest absolute Gasteiger partial charge is 0.334 e. The van der Waals surface area contributed by atoms with Crippen LogP contribution in [0.1, 0.15) is 22.0 Å². The van der Waals surface area contributed by atoms with E-state index in [1.54, 1.807) is 6.92 Å². The zero-order chi connectivity index (χ0) is 14.9. The van der Waals surface area contributed by atoms with E-state index < -0.39 is 28.9 Å². The van der Waals surface area contributed by atoms with Crippen LogP contribution >= 0.6 is 0 Å². The van der Waals surface area contributed by atoms with Crippen LogP contribution in [0.4, 0.5) is 13.2 Å². The van der Waals surface area contributed by atoms with Crippen molar-refractivity contribution in [3.63, 3.8) is 0 Å². The number of carbonyl (C=O) groups excluding carboxylic acids is 1. The van der Waals surface area contributed by atoms with Crippen molar-refractivity contribution in [3.05, 3.63) is 46.8 Å². The van der Waals surface area contributed by atoms with E-state index in [1.165, 1.54) is 7.05 Å². The Morgan fingerprint density at radius 2 is 2.00 bits per heavy atom. The van der Waals surface area contributed by atoms with Gasteiger partial charge in [0, 0.05) is 7.05 Å². The summed E-state index contributed by atoms with van der Waals surface area (Å²) in [5.74, 6) is -4.40. The van der Waals surface area contributed by atoms with Gasteiger partial charge in [-0.1, -0.05) is 0 Å². The molecule has 0 aliphatic rings. The SMILES string of the molecule is Cc1nc(CN(C)C(=O)c2ccc(F)c(F)c2F)n[nH]1. The van der Waals surface area contributed by atoms with E-state index in [-0.39, 0.29) is 6.54 Å². The molecule has 0 fully saturated rings. The Bertz CT molecular complexity index is 656. The first-order valence-electron chi connectivity index (χ1n) is 5.67. The van der Waals surface area contributed by atoms with E-state index in [2.05, 4.69) is 15.2 Å². The highest BCUT2D eigenvalue weighted by atomic mass is 19.2. The maximum Gasteiger partial charge on any atom is 0.257 e. The van der Waals surface area contributed by atoms with Crippen molar-refractivity contribution in [2.24, 2.45) is 0 Å². The van der Waals surface area contributed by atoms with Crippen molar-refractivity contribution in [2.45, 2.75) is 13.5 Å². The van der Waals surface area contributed by atoms with Crippen molar-refractivity contribution in [2.75, 3.05) is 7.05 Å². The lowest BCUT2D eigenvalue weighted by Crippen LogP contribution is -2.28. The van der Waals surface area contributed by atoms with Gasteiger partial charge in [0.25, 0.3) is 5.91 Å². The first-order chi connectivity index (χ1) is 9.40. The normalized spacial score (nSPS) is 10.7. The third-order valence-corrected chi connectivity index (χ3v) is 2.63. The van der Waals surface area contributed by atoms with Gasteiger partial charge in [-0.25, -0.2) is 18.2 Å². The van der Waals surface area contributed by atoms with Gasteiger partial charge in [0.1, 0.15) is 5.82 Å². The second-order valence-electron chi connectivity index (χ2n) is 4.22. The number of nitrogens with zero attached hydrogens (tertiary/aromatic N) is 3. The smallest absolute Gasteiger partial charge is 0.257 e. The quantitative estimate of drug-likeness (QED) is 0.874. The lowest BCUT2D eigenvalue weighted by molar-refractivity contribution is 0.0775. The van der Waals surface area contributed by atoms with Crippen molar-refractivity contribution in [1.29, 1.82) is 0 Å². The van der Waals surface area contributed by atoms with Crippen LogP contribution in [0.25, 0.3) is 0 Å². The van der Waals surface area contributed by atoms with Gasteiger partial charge in [0.15, 0.2) is 23.3 Å². The first kappa shape index (κ1) is 14.0. The molecule has 0 aliphatic heterocycles. The van der Waals surface area contributed by atoms with Crippen LogP contribution < -0.4 is 0 Å². The number of H-pyrrole nitrogens is 1. The Hall–Kier alpha value is -2.38. The van der Waals surface area contributed by atoms with Gasteiger partial charge in [-0.05, 0) is 19.1 Å². The fourth-order valence-corrected chi connectivity index (χ4v) is 1.64. The number of nitrogens with one attached hydrogen (secondary N) is 1. The second-order valence-corrected chi connectivity index (χ2v) is 4.22. The molecule has 1 N–H and O–H groups in total. The average Bonchev–Trinajstić information content (AvgIpc) is 2.81. The highest BCUT2D eigenvalue weighted by molar-refractivity contribution is 5.94. The van der Waals surface area contributed by atoms with Crippen LogP contribution in [0.5, 0.6) is 0 Å². The summed E-state index contributed by atoms with van der Waals surface area (Å²) in [5, 5.41) is 6.43. The number of amides is 1. The monoisotopic (exact) mass is 284 g/mol. The zero-order valence-electron chi connectivity index (χ0n) is 10.7. The number of halogens is 3. The number of aromatic nitrogens is 3. The molecule has 2 aromatic rings. The Labute approximate surface area is 112 Å². The van der Waals surface area contributed by atoms with Crippen LogP contribution in [0.15, 0.2) is 12.1 Å². The Kier molecular flexibility index (Phi) is 3.73. The molecule has 106 valence electrons. The second kappa shape index (κ2) is 5.32. The minimum Gasteiger partial charge on any atom is -0.334 e. The summed E-state index contributed by atoms with van der Waals surface area (Å²) in [6.07, 6.45) is 0. The van der Waals surface area contributed by atoms with Gasteiger partial charge in [0.2, 0.25) is 0 Å². The molecular weight excluding hydrogens is 273 g/mol. The topological polar surface area (TPSA) is 61.9 Å². The van der Waals surface area contributed by atoms with E-state index in [4.69, 9.17) is 0 Å². The van der Waals surface area contributed by atoms with E-state index in [0.717, 1.165) is 11.0 Å². The molecule has 1 aromatic carbocycles. The van der Waals surface area contributed by atoms with Crippen LogP contribution in [0, 0.1) is 24.4 Å². The maximum absolute atomic E-state index is 13.5. The van der Waals surface area contributed by atoms with Crippen LogP contribution in [-0.2, 0) is 6.54 Å². The zero-order valence-corrected chi connectivity index (χ0v) is 10.7. The number of hydrogen-bond acceptors (Lipinski definition) is 3. The third kappa shape index (κ3) is 2.63. The first-order valence-corrected chi connectivity index (χ1v) is 5.67. The minimum atomic E-state index is -1.67. The Balaban J connectivity index is 2.21. The third-order valence-electron chi connectivity index (χ3n) is 2.63. The molecule has 8 heteroatoms. The Morgan fingerprint density at radius 3 is 2.60 bits per heavy atom. The van der Waals surface area contributed by atoms with Gasteiger partial charge in [0.05, 0.1) is 12.1 Å². The summed E-state index contributed by atoms with van der Waals surface area (Å²) in [6, 6.07) is 1.60. The van der Waals surface area contributed by atoms with Crippen LogP contribution in [0.2, 0.25) is 0 Å². The van der Waals surface area contributed by atoms with E-state index in [1.807, 2.05) is 0 Å². The van der Waals surface area contributed by atoms with Gasteiger partial charge < -0.3 is 4.90 Å². The Morgan fingerprint density at radius 1 is 1.30 bits per heavy atom. The van der Waals surface area contributed by atoms with E-state index in [9.17, 15) is 18.0 Å². The minimum absolute atomic E-state index is 0.0155. The predicted octanol–water partition coefficient (Wildman–Crippen LogP) is 1.80. The number of aryl methyl sites for hydroxylation is 1. The summed E-state index contributed by atoms with van der Waals surface area (Å²) in [6.45, 7) is 1.70. The highest BCUT2D eigenvalue weighted by Crippen LogP contribution is 2.17. The molecule has 0 spiro atoms. The van der Waals surface area contributed by atoms with Crippen molar-refractivity contribution in [1.82, 2.24) is 20.1 Å². The number of benzene rings is 1. The fraction of sp³-hybridized carbons (Fsp3) is 0.250. The summed E-state index contributed by atoms with van der Waals surface area (Å²) in [5.41, 5.74) is -0.543. The van der Waals surface area contributed by atoms with Crippen molar-refractivity contribution < 1.29 is 18.0 Å². The number of rotatable bonds is 3. The molecular formula is C12H11F3N4O. The molecule has 0 saturated heterocycles. The highest BCUT2D eigenvalue weighted by Gasteiger charge is 2.22. The molecule has 0 saturated carbocycles. The van der Waals surface area contributed by atoms with Gasteiger partial charge in [-0.15, -0.1) is 0 Å². The summed E-state index contributed by atoms with van der Waals surface area (Å²) < 4.78 is 39.4. The molecule has 0 aliphatic carbocycles. The molecule has 5 nitrogen and oxygen atoms in total. The predicted molar refractivity (Wildman–Crippen MR) is 63.2 cm³/mol. The number of aromatic amines is 1. The van der Waals surface area contributed by atoms with Crippen LogP contribution in [0.3, 0.4) is 0 Å². The standard InChI is InChI=1S/C12H11F3N4O/c1-6-16-9(18-17-6)5-19(2)12(20)7-3-4-8(13)11(15)10(7)14/h3-4H,5H2,1-2H3,(H,16,17,18). The number of carbonyl (C=O) groups is 1. The average molecular weight is 284 g/mol. The lowest BCUT2D eigenvalue weighted by atomic mass is 10.1. The summed E-state index contributed by atoms with van der Waals surface area (Å²) in [7, 11) is 1.38. The molecule has 1 amide bonds. The molecule has 0 bridgehead atoms. The maximum atomic E-state index is 13.5. The molecule has 20 heavy (non-hydrogen) atoms. The molecule has 1 heterocycles. The molecule has 0 unspecified atom stereocenters. The summed E-state index contributed by atoms with van der Waals surface area (Å²) >= 11 is 0. The molecule has 0 atom stereocenters. The van der Waals surface area contributed by atoms with Crippen molar-refractivity contribution >= 4 is 5.91 Å². The molecule has 2 rings (SSSR count). The molecule has 0 radical (unpaired) electrons. The van der Waals surface area contributed by atoms with Crippen LogP contribution in [-0.4, -0.2) is 33.0 Å². The molecule has 1 aromatic heterocycles. The van der Waals surface area contributed by atoms with Gasteiger partial charge in [-0.2, -0.15) is 5.10 Å². The van der Waals surface area contributed by atoms with Gasteiger partial charge >= 0.3 is 0 Å². The van der Waals surface area contributed by atoms with E-state index >= 15 is 0 Å². The lowest BCUT2D eigenvalue weighted by Gasteiger charge is -2.15. The number of hydrogen-bond donors (Lipinski definition) is 1. The summed E-state index contributed by atoms with van der Waals surface area (Å²) in [4.78, 5) is 17.1. The van der Waals surface area contributed by atoms with Crippen molar-refractivity contribution in [3.8, 4) is 0 Å². The fourth-order valence-electron chi connectivity index (χ4n) is 1.64.